The van der Waals surface area contributed by atoms with Gasteiger partial charge in [-0.15, -0.1) is 0 Å². The fourth-order valence-corrected chi connectivity index (χ4v) is 8.65. The average Bonchev–Trinajstić information content (AvgIpc) is 3.11. The van der Waals surface area contributed by atoms with Gasteiger partial charge in [-0.2, -0.15) is 0 Å². The van der Waals surface area contributed by atoms with Crippen molar-refractivity contribution in [2.45, 2.75) is 9.79 Å². The predicted molar refractivity (Wildman–Crippen MR) is 191 cm³/mol. The van der Waals surface area contributed by atoms with Crippen molar-refractivity contribution in [1.29, 1.82) is 0 Å². The summed E-state index contributed by atoms with van der Waals surface area (Å²) < 4.78 is 0. The SMILES string of the molecule is c1ccc(N2c3ccc4c(c3-c3cccc5cccc2c35)Sc2ccccc2N4c2cc3ccccc3c3ccccc23)cc1. The molecule has 8 aromatic rings. The highest BCUT2D eigenvalue weighted by Crippen LogP contribution is 2.61. The minimum atomic E-state index is 1.17. The van der Waals surface area contributed by atoms with Crippen LogP contribution in [0.2, 0.25) is 0 Å². The van der Waals surface area contributed by atoms with Gasteiger partial charge in [0.2, 0.25) is 0 Å². The van der Waals surface area contributed by atoms with Crippen LogP contribution in [0.3, 0.4) is 0 Å². The zero-order chi connectivity index (χ0) is 29.5. The van der Waals surface area contributed by atoms with E-state index >= 15 is 0 Å². The topological polar surface area (TPSA) is 6.48 Å². The molecule has 0 unspecified atom stereocenters. The molecule has 0 saturated carbocycles. The van der Waals surface area contributed by atoms with E-state index in [1.165, 1.54) is 87.4 Å². The molecule has 0 N–H and O–H groups in total. The predicted octanol–water partition coefficient (Wildman–Crippen LogP) is 12.5. The number of rotatable bonds is 2. The standard InChI is InChI=1S/C42H26N2S/c1-2-15-29(16-3-1)43-35-22-11-14-27-13-10-20-33(40(27)35)41-36(43)24-25-37-42(41)45-39-23-9-8-21-34(39)44(37)38-26-28-12-4-5-17-30(28)31-18-6-7-19-32(31)38/h1-26H. The third kappa shape index (κ3) is 3.53. The first-order chi connectivity index (χ1) is 22.3. The Morgan fingerprint density at radius 2 is 1.07 bits per heavy atom. The van der Waals surface area contributed by atoms with Crippen molar-refractivity contribution in [3.8, 4) is 11.1 Å². The average molecular weight is 591 g/mol. The van der Waals surface area contributed by atoms with Crippen molar-refractivity contribution in [3.05, 3.63) is 158 Å². The highest BCUT2D eigenvalue weighted by atomic mass is 32.2. The summed E-state index contributed by atoms with van der Waals surface area (Å²) in [7, 11) is 0. The highest BCUT2D eigenvalue weighted by molar-refractivity contribution is 8.00. The zero-order valence-electron chi connectivity index (χ0n) is 24.3. The van der Waals surface area contributed by atoms with Crippen LogP contribution in [0.4, 0.5) is 34.1 Å². The molecule has 2 aliphatic heterocycles. The van der Waals surface area contributed by atoms with Gasteiger partial charge in [-0.1, -0.05) is 121 Å². The van der Waals surface area contributed by atoms with E-state index in [2.05, 4.69) is 168 Å². The summed E-state index contributed by atoms with van der Waals surface area (Å²) >= 11 is 1.89. The van der Waals surface area contributed by atoms with Gasteiger partial charge in [0.15, 0.2) is 0 Å². The number of para-hydroxylation sites is 2. The molecule has 0 spiro atoms. The largest absolute Gasteiger partial charge is 0.309 e. The maximum atomic E-state index is 2.50. The number of nitrogens with zero attached hydrogens (tertiary/aromatic N) is 2. The molecule has 0 radical (unpaired) electrons. The molecule has 3 heteroatoms. The Hall–Kier alpha value is -5.51. The summed E-state index contributed by atoms with van der Waals surface area (Å²) in [5.74, 6) is 0. The maximum absolute atomic E-state index is 2.50. The van der Waals surface area contributed by atoms with Crippen molar-refractivity contribution < 1.29 is 0 Å². The Morgan fingerprint density at radius 3 is 1.96 bits per heavy atom. The van der Waals surface area contributed by atoms with Crippen molar-refractivity contribution >= 4 is 78.2 Å². The van der Waals surface area contributed by atoms with E-state index in [1.807, 2.05) is 11.8 Å². The summed E-state index contributed by atoms with van der Waals surface area (Å²) in [6.07, 6.45) is 0. The van der Waals surface area contributed by atoms with Crippen LogP contribution in [0.15, 0.2) is 168 Å². The third-order valence-corrected chi connectivity index (χ3v) is 10.5. The summed E-state index contributed by atoms with van der Waals surface area (Å²) in [6, 6.07) is 57.7. The van der Waals surface area contributed by atoms with Crippen molar-refractivity contribution in [2.24, 2.45) is 0 Å². The number of anilines is 6. The second kappa shape index (κ2) is 9.49. The molecule has 0 saturated heterocycles. The van der Waals surface area contributed by atoms with Gasteiger partial charge in [0, 0.05) is 31.8 Å². The minimum absolute atomic E-state index is 1.17. The maximum Gasteiger partial charge on any atom is 0.0609 e. The lowest BCUT2D eigenvalue weighted by Crippen LogP contribution is -2.19. The van der Waals surface area contributed by atoms with Gasteiger partial charge in [0.25, 0.3) is 0 Å². The van der Waals surface area contributed by atoms with Gasteiger partial charge in [-0.3, -0.25) is 0 Å². The summed E-state index contributed by atoms with van der Waals surface area (Å²) in [5, 5.41) is 7.61. The molecule has 210 valence electrons. The summed E-state index contributed by atoms with van der Waals surface area (Å²) in [4.78, 5) is 7.49. The summed E-state index contributed by atoms with van der Waals surface area (Å²) in [6.45, 7) is 0. The van der Waals surface area contributed by atoms with Gasteiger partial charge >= 0.3 is 0 Å². The van der Waals surface area contributed by atoms with E-state index in [0.29, 0.717) is 0 Å². The van der Waals surface area contributed by atoms with Crippen LogP contribution in [0, 0.1) is 0 Å². The number of hydrogen-bond donors (Lipinski definition) is 0. The van der Waals surface area contributed by atoms with Crippen molar-refractivity contribution in [3.63, 3.8) is 0 Å². The monoisotopic (exact) mass is 590 g/mol. The molecule has 0 aliphatic carbocycles. The Morgan fingerprint density at radius 1 is 0.400 bits per heavy atom. The van der Waals surface area contributed by atoms with E-state index in [0.717, 1.165) is 0 Å². The molecule has 0 amide bonds. The molecule has 8 aromatic carbocycles. The molecular formula is C42H26N2S. The molecule has 2 nitrogen and oxygen atoms in total. The Balaban J connectivity index is 1.32. The molecule has 45 heavy (non-hydrogen) atoms. The lowest BCUT2D eigenvalue weighted by Gasteiger charge is -2.39. The molecule has 0 fully saturated rings. The van der Waals surface area contributed by atoms with Crippen LogP contribution < -0.4 is 9.80 Å². The molecule has 10 rings (SSSR count). The van der Waals surface area contributed by atoms with E-state index < -0.39 is 0 Å². The normalized spacial score (nSPS) is 13.2. The van der Waals surface area contributed by atoms with Crippen molar-refractivity contribution in [2.75, 3.05) is 9.80 Å². The fourth-order valence-electron chi connectivity index (χ4n) is 7.44. The van der Waals surface area contributed by atoms with Crippen LogP contribution in [0.25, 0.3) is 43.4 Å². The quantitative estimate of drug-likeness (QED) is 0.185. The van der Waals surface area contributed by atoms with E-state index in [1.54, 1.807) is 0 Å². The lowest BCUT2D eigenvalue weighted by molar-refractivity contribution is 1.16. The molecule has 0 bridgehead atoms. The van der Waals surface area contributed by atoms with Gasteiger partial charge in [0.05, 0.1) is 28.4 Å². The van der Waals surface area contributed by atoms with Crippen LogP contribution in [-0.4, -0.2) is 0 Å². The third-order valence-electron chi connectivity index (χ3n) is 9.31. The second-order valence-corrected chi connectivity index (χ2v) is 12.8. The molecule has 0 aromatic heterocycles. The highest BCUT2D eigenvalue weighted by Gasteiger charge is 2.34. The van der Waals surface area contributed by atoms with Gasteiger partial charge in [-0.25, -0.2) is 0 Å². The van der Waals surface area contributed by atoms with E-state index in [-0.39, 0.29) is 0 Å². The van der Waals surface area contributed by atoms with Crippen LogP contribution in [0.1, 0.15) is 0 Å². The second-order valence-electron chi connectivity index (χ2n) is 11.7. The molecule has 2 aliphatic rings. The Bertz CT molecular complexity index is 2480. The number of benzene rings is 8. The molecular weight excluding hydrogens is 565 g/mol. The van der Waals surface area contributed by atoms with E-state index in [9.17, 15) is 0 Å². The zero-order valence-corrected chi connectivity index (χ0v) is 25.1. The first kappa shape index (κ1) is 24.9. The minimum Gasteiger partial charge on any atom is -0.309 e. The molecule has 2 heterocycles. The first-order valence-corrected chi connectivity index (χ1v) is 16.2. The lowest BCUT2D eigenvalue weighted by atomic mass is 9.90. The summed E-state index contributed by atoms with van der Waals surface area (Å²) in [5.41, 5.74) is 9.80. The van der Waals surface area contributed by atoms with Gasteiger partial charge < -0.3 is 9.80 Å². The number of fused-ring (bicyclic) bond motifs is 8. The van der Waals surface area contributed by atoms with Crippen LogP contribution >= 0.6 is 11.8 Å². The van der Waals surface area contributed by atoms with Crippen LogP contribution in [0.5, 0.6) is 0 Å². The van der Waals surface area contributed by atoms with E-state index in [4.69, 9.17) is 0 Å². The van der Waals surface area contributed by atoms with Crippen LogP contribution in [-0.2, 0) is 0 Å². The van der Waals surface area contributed by atoms with Gasteiger partial charge in [-0.05, 0) is 75.6 Å². The number of hydrogen-bond acceptors (Lipinski definition) is 3. The van der Waals surface area contributed by atoms with Crippen molar-refractivity contribution in [1.82, 2.24) is 0 Å². The smallest absolute Gasteiger partial charge is 0.0609 e. The Labute approximate surface area is 265 Å². The van der Waals surface area contributed by atoms with Gasteiger partial charge in [0.1, 0.15) is 0 Å². The first-order valence-electron chi connectivity index (χ1n) is 15.4. The molecule has 0 atom stereocenters. The fraction of sp³-hybridized carbons (Fsp3) is 0. The Kier molecular flexibility index (Phi) is 5.25.